The summed E-state index contributed by atoms with van der Waals surface area (Å²) in [5.74, 6) is 1.93. The normalized spacial score (nSPS) is 11.6. The van der Waals surface area contributed by atoms with Crippen molar-refractivity contribution in [3.05, 3.63) is 315 Å². The number of rotatable bonds is 7. The molecule has 0 unspecified atom stereocenters. The summed E-state index contributed by atoms with van der Waals surface area (Å²) < 4.78 is 4.49. The molecule has 0 N–H and O–H groups in total. The number of aryl methyl sites for hydroxylation is 1. The lowest BCUT2D eigenvalue weighted by Crippen LogP contribution is -1.97. The van der Waals surface area contributed by atoms with Crippen LogP contribution in [0.4, 0.5) is 0 Å². The number of hydrogen-bond donors (Lipinski definition) is 0. The molecule has 2 aromatic heterocycles. The topological polar surface area (TPSA) is 35.6 Å². The summed E-state index contributed by atoms with van der Waals surface area (Å²) in [6, 6.07) is 111. The van der Waals surface area contributed by atoms with Gasteiger partial charge in [-0.15, -0.1) is 0 Å². The first kappa shape index (κ1) is 49.6. The first-order chi connectivity index (χ1) is 42.1. The standard InChI is InChI=1S/C43H28N2.C38H26N2/c1-2-14-34(15-3-1)45-40-21-11-10-20-39(40)44-43(45)31-25-23-30(24-26-31)41-35-16-6-8-18-37(35)42(38-19-9-7-17-36(38)41)33-27-22-29-12-4-5-13-32(29)28-33;1-25-39-35-19-8-9-20-36(35)40(25)28-23-21-27(22-24-28)37-31-14-4-6-16-33(31)38(34-17-7-5-15-32(34)37)30-18-10-12-26-11-2-3-13-29(26)30/h1-28H;2-24H,1H3. The Morgan fingerprint density at radius 3 is 1.21 bits per heavy atom. The van der Waals surface area contributed by atoms with Gasteiger partial charge in [-0.05, 0) is 171 Å². The van der Waals surface area contributed by atoms with Gasteiger partial charge in [0.25, 0.3) is 0 Å². The Morgan fingerprint density at radius 1 is 0.247 bits per heavy atom. The van der Waals surface area contributed by atoms with E-state index in [1.54, 1.807) is 0 Å². The molecular formula is C81H54N4. The zero-order valence-electron chi connectivity index (χ0n) is 46.7. The molecule has 0 aliphatic rings. The summed E-state index contributed by atoms with van der Waals surface area (Å²) in [5.41, 5.74) is 17.6. The predicted octanol–water partition coefficient (Wildman–Crippen LogP) is 21.6. The van der Waals surface area contributed by atoms with E-state index in [4.69, 9.17) is 9.97 Å². The number of nitrogens with zero attached hydrogens (tertiary/aromatic N) is 4. The third-order valence-corrected chi connectivity index (χ3v) is 17.1. The van der Waals surface area contributed by atoms with Gasteiger partial charge >= 0.3 is 0 Å². The molecule has 0 aliphatic carbocycles. The van der Waals surface area contributed by atoms with E-state index in [1.807, 2.05) is 6.07 Å². The van der Waals surface area contributed by atoms with Crippen molar-refractivity contribution in [3.63, 3.8) is 0 Å². The minimum absolute atomic E-state index is 0.940. The summed E-state index contributed by atoms with van der Waals surface area (Å²) in [4.78, 5) is 9.87. The molecule has 0 saturated carbocycles. The maximum absolute atomic E-state index is 5.09. The molecule has 15 aromatic carbocycles. The quantitative estimate of drug-likeness (QED) is 0.149. The summed E-state index contributed by atoms with van der Waals surface area (Å²) in [7, 11) is 0. The summed E-state index contributed by atoms with van der Waals surface area (Å²) in [6.07, 6.45) is 0. The third-order valence-electron chi connectivity index (χ3n) is 17.1. The highest BCUT2D eigenvalue weighted by atomic mass is 15.1. The van der Waals surface area contributed by atoms with Crippen LogP contribution in [0.25, 0.3) is 154 Å². The van der Waals surface area contributed by atoms with Crippen LogP contribution in [0.15, 0.2) is 309 Å². The lowest BCUT2D eigenvalue weighted by atomic mass is 9.85. The lowest BCUT2D eigenvalue weighted by molar-refractivity contribution is 1.00. The zero-order chi connectivity index (χ0) is 56.4. The van der Waals surface area contributed by atoms with Gasteiger partial charge in [0, 0.05) is 16.9 Å². The molecule has 85 heavy (non-hydrogen) atoms. The molecule has 0 saturated heterocycles. The van der Waals surface area contributed by atoms with Gasteiger partial charge in [0.2, 0.25) is 0 Å². The van der Waals surface area contributed by atoms with Crippen LogP contribution >= 0.6 is 0 Å². The van der Waals surface area contributed by atoms with Crippen molar-refractivity contribution >= 4 is 86.7 Å². The number of imidazole rings is 2. The van der Waals surface area contributed by atoms with Crippen LogP contribution in [0.1, 0.15) is 5.82 Å². The van der Waals surface area contributed by atoms with Crippen molar-refractivity contribution in [2.45, 2.75) is 6.92 Å². The summed E-state index contributed by atoms with van der Waals surface area (Å²) in [5, 5.41) is 15.1. The summed E-state index contributed by atoms with van der Waals surface area (Å²) >= 11 is 0. The van der Waals surface area contributed by atoms with Gasteiger partial charge in [-0.2, -0.15) is 0 Å². The fourth-order valence-electron chi connectivity index (χ4n) is 13.4. The second-order valence-electron chi connectivity index (χ2n) is 22.0. The molecular weight excluding hydrogens is 1030 g/mol. The first-order valence-corrected chi connectivity index (χ1v) is 29.1. The molecule has 0 spiro atoms. The van der Waals surface area contributed by atoms with E-state index in [-0.39, 0.29) is 0 Å². The molecule has 0 fully saturated rings. The Morgan fingerprint density at radius 2 is 0.635 bits per heavy atom. The van der Waals surface area contributed by atoms with Crippen LogP contribution in [-0.2, 0) is 0 Å². The Balaban J connectivity index is 0.000000139. The Bertz CT molecular complexity index is 5300. The van der Waals surface area contributed by atoms with Gasteiger partial charge in [0.1, 0.15) is 11.6 Å². The van der Waals surface area contributed by atoms with Crippen LogP contribution in [-0.4, -0.2) is 19.1 Å². The molecule has 398 valence electrons. The molecule has 17 rings (SSSR count). The molecule has 17 aromatic rings. The second kappa shape index (κ2) is 20.7. The maximum Gasteiger partial charge on any atom is 0.145 e. The highest BCUT2D eigenvalue weighted by molar-refractivity contribution is 6.24. The lowest BCUT2D eigenvalue weighted by Gasteiger charge is -2.19. The second-order valence-corrected chi connectivity index (χ2v) is 22.0. The number of aromatic nitrogens is 4. The largest absolute Gasteiger partial charge is 0.297 e. The van der Waals surface area contributed by atoms with Crippen LogP contribution in [0.2, 0.25) is 0 Å². The molecule has 0 aliphatic heterocycles. The van der Waals surface area contributed by atoms with Crippen molar-refractivity contribution in [1.82, 2.24) is 19.1 Å². The van der Waals surface area contributed by atoms with Crippen molar-refractivity contribution in [1.29, 1.82) is 0 Å². The van der Waals surface area contributed by atoms with E-state index >= 15 is 0 Å². The molecule has 2 heterocycles. The van der Waals surface area contributed by atoms with Gasteiger partial charge in [-0.25, -0.2) is 9.97 Å². The zero-order valence-corrected chi connectivity index (χ0v) is 46.7. The fraction of sp³-hybridized carbons (Fsp3) is 0.0123. The average Bonchev–Trinajstić information content (AvgIpc) is 2.61. The monoisotopic (exact) mass is 1080 g/mol. The van der Waals surface area contributed by atoms with E-state index in [1.165, 1.54) is 109 Å². The molecule has 0 radical (unpaired) electrons. The van der Waals surface area contributed by atoms with Gasteiger partial charge in [-0.1, -0.05) is 255 Å². The number of fused-ring (bicyclic) bond motifs is 8. The number of hydrogen-bond acceptors (Lipinski definition) is 2. The Hall–Kier alpha value is -11.2. The SMILES string of the molecule is Cc1nc2ccccc2n1-c1ccc(-c2c3ccccc3c(-c3cccc4ccccc34)c3ccccc23)cc1.c1ccc(-n2c(-c3ccc(-c4c5ccccc5c(-c5ccc6ccccc6c5)c5ccccc45)cc3)nc3ccccc32)cc1. The van der Waals surface area contributed by atoms with Crippen molar-refractivity contribution < 1.29 is 0 Å². The van der Waals surface area contributed by atoms with Gasteiger partial charge < -0.3 is 0 Å². The molecule has 0 atom stereocenters. The van der Waals surface area contributed by atoms with Crippen molar-refractivity contribution in [2.24, 2.45) is 0 Å². The Kier molecular flexibility index (Phi) is 12.1. The predicted molar refractivity (Wildman–Crippen MR) is 359 cm³/mol. The van der Waals surface area contributed by atoms with Crippen LogP contribution in [0.5, 0.6) is 0 Å². The minimum Gasteiger partial charge on any atom is -0.297 e. The van der Waals surface area contributed by atoms with E-state index in [0.29, 0.717) is 0 Å². The first-order valence-electron chi connectivity index (χ1n) is 29.1. The van der Waals surface area contributed by atoms with Gasteiger partial charge in [0.05, 0.1) is 22.1 Å². The molecule has 4 heteroatoms. The van der Waals surface area contributed by atoms with Gasteiger partial charge in [0.15, 0.2) is 0 Å². The van der Waals surface area contributed by atoms with Crippen LogP contribution in [0, 0.1) is 6.92 Å². The number of para-hydroxylation sites is 5. The highest BCUT2D eigenvalue weighted by Gasteiger charge is 2.21. The van der Waals surface area contributed by atoms with E-state index < -0.39 is 0 Å². The third kappa shape index (κ3) is 8.45. The van der Waals surface area contributed by atoms with Crippen LogP contribution < -0.4 is 0 Å². The van der Waals surface area contributed by atoms with Gasteiger partial charge in [-0.3, -0.25) is 9.13 Å². The van der Waals surface area contributed by atoms with Crippen molar-refractivity contribution in [3.8, 4) is 67.3 Å². The van der Waals surface area contributed by atoms with E-state index in [9.17, 15) is 0 Å². The number of benzene rings is 15. The average molecular weight is 1080 g/mol. The fourth-order valence-corrected chi connectivity index (χ4v) is 13.4. The van der Waals surface area contributed by atoms with Crippen LogP contribution in [0.3, 0.4) is 0 Å². The van der Waals surface area contributed by atoms with Crippen molar-refractivity contribution in [2.75, 3.05) is 0 Å². The summed E-state index contributed by atoms with van der Waals surface area (Å²) in [6.45, 7) is 2.07. The minimum atomic E-state index is 0.940. The van der Waals surface area contributed by atoms with E-state index in [0.717, 1.165) is 50.7 Å². The Labute approximate surface area is 492 Å². The maximum atomic E-state index is 5.09. The molecule has 0 bridgehead atoms. The highest BCUT2D eigenvalue weighted by Crippen LogP contribution is 2.47. The molecule has 4 nitrogen and oxygen atoms in total. The molecule has 0 amide bonds. The van der Waals surface area contributed by atoms with E-state index in [2.05, 4.69) is 319 Å². The smallest absolute Gasteiger partial charge is 0.145 e.